The molecule has 2 heteroatoms. The molecule has 0 fully saturated rings. The van der Waals surface area contributed by atoms with Gasteiger partial charge >= 0.3 is 0 Å². The Hall–Kier alpha value is -5.86. The summed E-state index contributed by atoms with van der Waals surface area (Å²) in [5.74, 6) is 0.727. The Morgan fingerprint density at radius 3 is 1.81 bits per heavy atom. The van der Waals surface area contributed by atoms with Crippen molar-refractivity contribution in [3.8, 4) is 0 Å². The fourth-order valence-electron chi connectivity index (χ4n) is 8.66. The zero-order valence-electron chi connectivity index (χ0n) is 30.4. The summed E-state index contributed by atoms with van der Waals surface area (Å²) >= 11 is 0. The first-order valence-corrected chi connectivity index (χ1v) is 18.8. The summed E-state index contributed by atoms with van der Waals surface area (Å²) in [6.45, 7) is 9.41. The highest BCUT2D eigenvalue weighted by Crippen LogP contribution is 2.52. The van der Waals surface area contributed by atoms with Crippen molar-refractivity contribution in [2.45, 2.75) is 46.1 Å². The normalized spacial score (nSPS) is 14.8. The maximum Gasteiger partial charge on any atom is 0.0784 e. The molecule has 1 unspecified atom stereocenters. The molecule has 0 radical (unpaired) electrons. The highest BCUT2D eigenvalue weighted by molar-refractivity contribution is 6.12. The summed E-state index contributed by atoms with van der Waals surface area (Å²) in [7, 11) is 0. The van der Waals surface area contributed by atoms with E-state index in [-0.39, 0.29) is 6.04 Å². The summed E-state index contributed by atoms with van der Waals surface area (Å²) in [5, 5.41) is 5.23. The number of fused-ring (bicyclic) bond motifs is 1. The first kappa shape index (κ1) is 32.1. The van der Waals surface area contributed by atoms with Gasteiger partial charge in [-0.15, -0.1) is 0 Å². The Morgan fingerprint density at radius 1 is 0.558 bits per heavy atom. The van der Waals surface area contributed by atoms with Gasteiger partial charge < -0.3 is 9.80 Å². The predicted molar refractivity (Wildman–Crippen MR) is 224 cm³/mol. The standard InChI is InChI=1S/C50H44N2/c1-33(2)45-31-47(51(37-18-8-5-9-19-37)38-20-10-6-11-21-38)43-28-26-42-46(34(3)4)32-48(44-29-27-41(45)49(43)50(42)44)52(39-22-12-7-13-23-39)40-25-24-35-16-14-15-17-36(35)30-40/h5-26,28-34,48H,27H2,1-4H3. The van der Waals surface area contributed by atoms with Crippen LogP contribution in [0.1, 0.15) is 55.9 Å². The molecule has 2 aliphatic rings. The van der Waals surface area contributed by atoms with Crippen molar-refractivity contribution in [2.75, 3.05) is 9.80 Å². The average Bonchev–Trinajstić information content (AvgIpc) is 3.18. The minimum atomic E-state index is 0.0257. The van der Waals surface area contributed by atoms with Gasteiger partial charge in [-0.2, -0.15) is 0 Å². The van der Waals surface area contributed by atoms with Crippen molar-refractivity contribution in [3.05, 3.63) is 186 Å². The molecular formula is C50H44N2. The lowest BCUT2D eigenvalue weighted by Crippen LogP contribution is -2.34. The molecule has 0 N–H and O–H groups in total. The van der Waals surface area contributed by atoms with E-state index in [2.05, 4.69) is 201 Å². The topological polar surface area (TPSA) is 6.48 Å². The third-order valence-electron chi connectivity index (χ3n) is 11.0. The number of hydrogen-bond donors (Lipinski definition) is 0. The van der Waals surface area contributed by atoms with E-state index in [0.717, 1.165) is 17.8 Å². The highest BCUT2D eigenvalue weighted by atomic mass is 15.2. The lowest BCUT2D eigenvalue weighted by Gasteiger charge is -2.41. The van der Waals surface area contributed by atoms with Crippen LogP contribution in [-0.4, -0.2) is 6.04 Å². The van der Waals surface area contributed by atoms with E-state index in [1.54, 1.807) is 0 Å². The van der Waals surface area contributed by atoms with Crippen molar-refractivity contribution in [1.82, 2.24) is 0 Å². The molecule has 0 saturated carbocycles. The third-order valence-corrected chi connectivity index (χ3v) is 11.0. The summed E-state index contributed by atoms with van der Waals surface area (Å²) in [4.78, 5) is 5.03. The Bertz CT molecular complexity index is 2450. The Kier molecular flexibility index (Phi) is 8.04. The molecule has 0 aliphatic heterocycles. The number of para-hydroxylation sites is 3. The zero-order chi connectivity index (χ0) is 35.3. The van der Waals surface area contributed by atoms with Crippen molar-refractivity contribution in [2.24, 2.45) is 5.92 Å². The van der Waals surface area contributed by atoms with Crippen molar-refractivity contribution in [1.29, 1.82) is 0 Å². The quantitative estimate of drug-likeness (QED) is 0.159. The summed E-state index contributed by atoms with van der Waals surface area (Å²) < 4.78 is 0. The molecule has 7 aromatic rings. The molecule has 0 bridgehead atoms. The second kappa shape index (κ2) is 13.0. The van der Waals surface area contributed by atoms with Gasteiger partial charge in [0.1, 0.15) is 0 Å². The van der Waals surface area contributed by atoms with Crippen LogP contribution in [0.25, 0.3) is 32.7 Å². The van der Waals surface area contributed by atoms with Crippen molar-refractivity contribution in [3.63, 3.8) is 0 Å². The van der Waals surface area contributed by atoms with Gasteiger partial charge in [0, 0.05) is 28.1 Å². The summed E-state index contributed by atoms with van der Waals surface area (Å²) in [6.07, 6.45) is 6.02. The SMILES string of the molecule is CC(C)C1=CC(N(c2ccccc2)c2ccc3ccccc3c2)C2=CCc3c(C(C)C)cc(N(c4ccccc4)c4ccccc4)c4ccc1c2c34. The van der Waals surface area contributed by atoms with Gasteiger partial charge in [-0.05, 0) is 122 Å². The lowest BCUT2D eigenvalue weighted by atomic mass is 9.72. The molecule has 1 atom stereocenters. The van der Waals surface area contributed by atoms with Crippen LogP contribution in [0.15, 0.2) is 164 Å². The lowest BCUT2D eigenvalue weighted by molar-refractivity contribution is 0.831. The van der Waals surface area contributed by atoms with E-state index in [1.165, 1.54) is 72.0 Å². The van der Waals surface area contributed by atoms with Gasteiger partial charge in [-0.3, -0.25) is 0 Å². The van der Waals surface area contributed by atoms with Gasteiger partial charge in [-0.1, -0.05) is 137 Å². The molecule has 0 amide bonds. The smallest absolute Gasteiger partial charge is 0.0784 e. The first-order valence-electron chi connectivity index (χ1n) is 18.8. The van der Waals surface area contributed by atoms with Gasteiger partial charge in [0.05, 0.1) is 11.7 Å². The molecule has 7 aromatic carbocycles. The zero-order valence-corrected chi connectivity index (χ0v) is 30.4. The minimum Gasteiger partial charge on any atom is -0.330 e. The maximum atomic E-state index is 2.57. The first-order chi connectivity index (χ1) is 25.5. The number of hydrogen-bond acceptors (Lipinski definition) is 2. The molecule has 0 saturated heterocycles. The second-order valence-corrected chi connectivity index (χ2v) is 14.9. The molecule has 2 nitrogen and oxygen atoms in total. The number of anilines is 5. The molecule has 52 heavy (non-hydrogen) atoms. The van der Waals surface area contributed by atoms with Crippen LogP contribution >= 0.6 is 0 Å². The van der Waals surface area contributed by atoms with Crippen molar-refractivity contribution < 1.29 is 0 Å². The molecule has 9 rings (SSSR count). The van der Waals surface area contributed by atoms with Gasteiger partial charge in [-0.25, -0.2) is 0 Å². The summed E-state index contributed by atoms with van der Waals surface area (Å²) in [6, 6.07) is 55.7. The van der Waals surface area contributed by atoms with Crippen LogP contribution < -0.4 is 9.80 Å². The fourth-order valence-corrected chi connectivity index (χ4v) is 8.66. The van der Waals surface area contributed by atoms with Crippen LogP contribution in [0.5, 0.6) is 0 Å². The number of rotatable bonds is 8. The monoisotopic (exact) mass is 672 g/mol. The largest absolute Gasteiger partial charge is 0.330 e. The van der Waals surface area contributed by atoms with Crippen LogP contribution in [0.4, 0.5) is 28.4 Å². The van der Waals surface area contributed by atoms with Gasteiger partial charge in [0.2, 0.25) is 0 Å². The number of nitrogens with zero attached hydrogens (tertiary/aromatic N) is 2. The Morgan fingerprint density at radius 2 is 1.17 bits per heavy atom. The van der Waals surface area contributed by atoms with E-state index in [1.807, 2.05) is 0 Å². The molecule has 0 spiro atoms. The highest BCUT2D eigenvalue weighted by Gasteiger charge is 2.36. The average molecular weight is 673 g/mol. The van der Waals surface area contributed by atoms with Crippen LogP contribution in [-0.2, 0) is 6.42 Å². The predicted octanol–water partition coefficient (Wildman–Crippen LogP) is 13.8. The van der Waals surface area contributed by atoms with Gasteiger partial charge in [0.15, 0.2) is 0 Å². The number of benzene rings is 7. The Balaban J connectivity index is 1.33. The molecule has 0 heterocycles. The van der Waals surface area contributed by atoms with Crippen LogP contribution in [0.3, 0.4) is 0 Å². The van der Waals surface area contributed by atoms with E-state index in [0.29, 0.717) is 11.8 Å². The van der Waals surface area contributed by atoms with E-state index >= 15 is 0 Å². The Labute approximate surface area is 308 Å². The van der Waals surface area contributed by atoms with Crippen LogP contribution in [0, 0.1) is 5.92 Å². The molecular weight excluding hydrogens is 629 g/mol. The summed E-state index contributed by atoms with van der Waals surface area (Å²) in [5.41, 5.74) is 14.4. The van der Waals surface area contributed by atoms with E-state index < -0.39 is 0 Å². The third kappa shape index (κ3) is 5.33. The van der Waals surface area contributed by atoms with E-state index in [4.69, 9.17) is 0 Å². The maximum absolute atomic E-state index is 2.57. The van der Waals surface area contributed by atoms with E-state index in [9.17, 15) is 0 Å². The second-order valence-electron chi connectivity index (χ2n) is 14.9. The fraction of sp³-hybridized carbons (Fsp3) is 0.160. The molecule has 254 valence electrons. The molecule has 0 aromatic heterocycles. The minimum absolute atomic E-state index is 0.0257. The van der Waals surface area contributed by atoms with Crippen LogP contribution in [0.2, 0.25) is 0 Å². The van der Waals surface area contributed by atoms with Gasteiger partial charge in [0.25, 0.3) is 0 Å². The molecule has 2 aliphatic carbocycles. The number of allylic oxidation sites excluding steroid dienone is 2. The van der Waals surface area contributed by atoms with Crippen molar-refractivity contribution >= 4 is 61.1 Å².